The molecule has 3 rings (SSSR count). The van der Waals surface area contributed by atoms with Crippen molar-refractivity contribution in [2.24, 2.45) is 0 Å². The molecule has 0 aromatic heterocycles. The quantitative estimate of drug-likeness (QED) is 0.741. The summed E-state index contributed by atoms with van der Waals surface area (Å²) in [5, 5.41) is 20.0. The van der Waals surface area contributed by atoms with Crippen LogP contribution in [0.25, 0.3) is 0 Å². The Hall–Kier alpha value is -1.93. The third-order valence-electron chi connectivity index (χ3n) is 5.02. The van der Waals surface area contributed by atoms with Gasteiger partial charge in [0.15, 0.2) is 0 Å². The van der Waals surface area contributed by atoms with Gasteiger partial charge in [-0.25, -0.2) is 13.2 Å². The maximum Gasteiger partial charge on any atom is 0.335 e. The van der Waals surface area contributed by atoms with E-state index in [1.807, 2.05) is 0 Å². The summed E-state index contributed by atoms with van der Waals surface area (Å²) in [6.45, 7) is 0.0482. The highest BCUT2D eigenvalue weighted by Crippen LogP contribution is 2.30. The van der Waals surface area contributed by atoms with Gasteiger partial charge in [0.05, 0.1) is 22.6 Å². The Kier molecular flexibility index (Phi) is 6.40. The van der Waals surface area contributed by atoms with Crippen LogP contribution >= 0.6 is 11.6 Å². The molecule has 0 radical (unpaired) electrons. The van der Waals surface area contributed by atoms with E-state index in [9.17, 15) is 18.3 Å². The first-order valence-corrected chi connectivity index (χ1v) is 10.9. The number of carbonyl (C=O) groups is 1. The van der Waals surface area contributed by atoms with Crippen molar-refractivity contribution in [1.82, 2.24) is 4.31 Å². The van der Waals surface area contributed by atoms with E-state index >= 15 is 0 Å². The lowest BCUT2D eigenvalue weighted by Crippen LogP contribution is -2.48. The maximum absolute atomic E-state index is 13.3. The van der Waals surface area contributed by atoms with E-state index in [0.29, 0.717) is 23.4 Å². The number of sulfonamides is 1. The molecule has 28 heavy (non-hydrogen) atoms. The first-order valence-electron chi connectivity index (χ1n) is 9.07. The van der Waals surface area contributed by atoms with Gasteiger partial charge in [-0.2, -0.15) is 4.31 Å². The summed E-state index contributed by atoms with van der Waals surface area (Å²) in [6.07, 6.45) is 2.08. The number of hydrogen-bond donors (Lipinski definition) is 2. The second-order valence-corrected chi connectivity index (χ2v) is 9.25. The Morgan fingerprint density at radius 2 is 1.64 bits per heavy atom. The average molecular weight is 424 g/mol. The maximum atomic E-state index is 13.3. The van der Waals surface area contributed by atoms with E-state index in [-0.39, 0.29) is 17.0 Å². The van der Waals surface area contributed by atoms with Gasteiger partial charge < -0.3 is 10.2 Å². The van der Waals surface area contributed by atoms with Crippen LogP contribution < -0.4 is 0 Å². The molecule has 0 spiro atoms. The molecule has 0 saturated heterocycles. The fraction of sp³-hybridized carbons (Fsp3) is 0.350. The van der Waals surface area contributed by atoms with Crippen molar-refractivity contribution in [1.29, 1.82) is 0 Å². The van der Waals surface area contributed by atoms with E-state index < -0.39 is 28.1 Å². The van der Waals surface area contributed by atoms with Crippen molar-refractivity contribution < 1.29 is 23.4 Å². The molecular weight excluding hydrogens is 402 g/mol. The van der Waals surface area contributed by atoms with Crippen LogP contribution in [-0.2, 0) is 16.6 Å². The zero-order valence-electron chi connectivity index (χ0n) is 15.2. The average Bonchev–Trinajstić information content (AvgIpc) is 2.67. The molecule has 0 aliphatic heterocycles. The van der Waals surface area contributed by atoms with Gasteiger partial charge >= 0.3 is 5.97 Å². The van der Waals surface area contributed by atoms with Crippen molar-refractivity contribution in [3.63, 3.8) is 0 Å². The predicted molar refractivity (Wildman–Crippen MR) is 106 cm³/mol. The topological polar surface area (TPSA) is 94.9 Å². The third kappa shape index (κ3) is 4.55. The smallest absolute Gasteiger partial charge is 0.335 e. The van der Waals surface area contributed by atoms with Gasteiger partial charge in [0.25, 0.3) is 0 Å². The molecule has 0 bridgehead atoms. The second kappa shape index (κ2) is 8.61. The minimum absolute atomic E-state index is 0.0482. The summed E-state index contributed by atoms with van der Waals surface area (Å²) < 4.78 is 28.0. The highest BCUT2D eigenvalue weighted by atomic mass is 35.5. The van der Waals surface area contributed by atoms with E-state index in [2.05, 4.69) is 0 Å². The summed E-state index contributed by atoms with van der Waals surface area (Å²) in [5.74, 6) is -1.04. The number of benzene rings is 2. The van der Waals surface area contributed by atoms with E-state index in [0.717, 1.165) is 12.8 Å². The number of aliphatic hydroxyl groups excluding tert-OH is 1. The first-order chi connectivity index (χ1) is 13.3. The van der Waals surface area contributed by atoms with Crippen LogP contribution in [0.3, 0.4) is 0 Å². The van der Waals surface area contributed by atoms with Crippen molar-refractivity contribution in [3.8, 4) is 0 Å². The van der Waals surface area contributed by atoms with E-state index in [1.54, 1.807) is 12.1 Å². The van der Waals surface area contributed by atoms with Gasteiger partial charge in [-0.3, -0.25) is 0 Å². The summed E-state index contributed by atoms with van der Waals surface area (Å²) in [4.78, 5) is 11.2. The Morgan fingerprint density at radius 3 is 2.21 bits per heavy atom. The lowest BCUT2D eigenvalue weighted by molar-refractivity contribution is 0.0533. The zero-order chi connectivity index (χ0) is 20.3. The summed E-state index contributed by atoms with van der Waals surface area (Å²) >= 11 is 5.89. The fourth-order valence-corrected chi connectivity index (χ4v) is 5.28. The largest absolute Gasteiger partial charge is 0.478 e. The molecule has 1 unspecified atom stereocenters. The first kappa shape index (κ1) is 20.8. The molecule has 150 valence electrons. The van der Waals surface area contributed by atoms with E-state index in [4.69, 9.17) is 16.7 Å². The summed E-state index contributed by atoms with van der Waals surface area (Å²) in [7, 11) is -3.88. The minimum Gasteiger partial charge on any atom is -0.478 e. The van der Waals surface area contributed by atoms with E-state index in [1.165, 1.54) is 40.7 Å². The molecule has 1 aliphatic rings. The molecule has 1 aliphatic carbocycles. The molecule has 0 heterocycles. The van der Waals surface area contributed by atoms with Gasteiger partial charge in [-0.05, 0) is 54.8 Å². The van der Waals surface area contributed by atoms with Crippen LogP contribution in [0.2, 0.25) is 5.02 Å². The molecule has 1 fully saturated rings. The fourth-order valence-electron chi connectivity index (χ4n) is 3.48. The molecular formula is C20H22ClNO5S. The van der Waals surface area contributed by atoms with Crippen molar-refractivity contribution in [2.45, 2.75) is 49.3 Å². The van der Waals surface area contributed by atoms with Crippen LogP contribution in [0.1, 0.15) is 41.6 Å². The Morgan fingerprint density at radius 1 is 1.04 bits per heavy atom. The van der Waals surface area contributed by atoms with Crippen LogP contribution in [0.4, 0.5) is 0 Å². The summed E-state index contributed by atoms with van der Waals surface area (Å²) in [6, 6.07) is 11.5. The number of nitrogens with zero attached hydrogens (tertiary/aromatic N) is 1. The minimum atomic E-state index is -3.88. The van der Waals surface area contributed by atoms with Gasteiger partial charge in [-0.1, -0.05) is 36.6 Å². The second-order valence-electron chi connectivity index (χ2n) is 6.93. The van der Waals surface area contributed by atoms with Crippen molar-refractivity contribution >= 4 is 27.6 Å². The molecule has 2 aromatic carbocycles. The lowest BCUT2D eigenvalue weighted by Gasteiger charge is -2.36. The SMILES string of the molecule is O=C(O)c1ccc(CN(C2CCCC[C@@H]2O)S(=O)(=O)c2ccc(Cl)cc2)cc1. The van der Waals surface area contributed by atoms with Crippen LogP contribution in [-0.4, -0.2) is 41.1 Å². The third-order valence-corrected chi connectivity index (χ3v) is 7.16. The highest BCUT2D eigenvalue weighted by molar-refractivity contribution is 7.89. The molecule has 2 aromatic rings. The number of aliphatic hydroxyl groups is 1. The van der Waals surface area contributed by atoms with Gasteiger partial charge in [-0.15, -0.1) is 0 Å². The zero-order valence-corrected chi connectivity index (χ0v) is 16.7. The molecule has 6 nitrogen and oxygen atoms in total. The van der Waals surface area contributed by atoms with Crippen LogP contribution in [0, 0.1) is 0 Å². The van der Waals surface area contributed by atoms with Gasteiger partial charge in [0.2, 0.25) is 10.0 Å². The number of hydrogen-bond acceptors (Lipinski definition) is 4. The van der Waals surface area contributed by atoms with Crippen LogP contribution in [0.5, 0.6) is 0 Å². The number of rotatable bonds is 6. The number of aromatic carboxylic acids is 1. The number of halogens is 1. The molecule has 0 amide bonds. The lowest BCUT2D eigenvalue weighted by atomic mass is 9.92. The Balaban J connectivity index is 1.97. The molecule has 2 N–H and O–H groups in total. The van der Waals surface area contributed by atoms with Gasteiger partial charge in [0, 0.05) is 11.6 Å². The Labute approximate surface area is 169 Å². The van der Waals surface area contributed by atoms with Crippen molar-refractivity contribution in [3.05, 3.63) is 64.7 Å². The van der Waals surface area contributed by atoms with Gasteiger partial charge in [0.1, 0.15) is 0 Å². The van der Waals surface area contributed by atoms with Crippen molar-refractivity contribution in [2.75, 3.05) is 0 Å². The summed E-state index contributed by atoms with van der Waals surface area (Å²) in [5.41, 5.74) is 0.786. The highest BCUT2D eigenvalue weighted by Gasteiger charge is 2.37. The molecule has 8 heteroatoms. The predicted octanol–water partition coefficient (Wildman–Crippen LogP) is 3.53. The normalized spacial score (nSPS) is 20.2. The Bertz CT molecular complexity index is 928. The van der Waals surface area contributed by atoms with Crippen LogP contribution in [0.15, 0.2) is 53.4 Å². The number of carboxylic acid groups (broad SMARTS) is 1. The monoisotopic (exact) mass is 423 g/mol. The number of carboxylic acids is 1. The molecule has 1 saturated carbocycles. The standard InChI is InChI=1S/C20H22ClNO5S/c21-16-9-11-17(12-10-16)28(26,27)22(18-3-1-2-4-19(18)23)13-14-5-7-15(8-6-14)20(24)25/h5-12,18-19,23H,1-4,13H2,(H,24,25)/t18?,19-/m0/s1. The molecule has 2 atom stereocenters.